The second kappa shape index (κ2) is 15.2. The predicted molar refractivity (Wildman–Crippen MR) is 157 cm³/mol. The van der Waals surface area contributed by atoms with Crippen molar-refractivity contribution in [3.05, 3.63) is 39.9 Å². The number of esters is 2. The number of aromatic nitrogens is 3. The van der Waals surface area contributed by atoms with Gasteiger partial charge in [-0.1, -0.05) is 20.8 Å². The molecule has 1 N–H and O–H groups in total. The molecule has 3 rings (SSSR count). The first-order chi connectivity index (χ1) is 19.9. The van der Waals surface area contributed by atoms with Crippen molar-refractivity contribution in [1.82, 2.24) is 25.2 Å². The highest BCUT2D eigenvalue weighted by molar-refractivity contribution is 7.09. The van der Waals surface area contributed by atoms with E-state index < -0.39 is 29.9 Å². The highest BCUT2D eigenvalue weighted by Crippen LogP contribution is 2.35. The molecule has 0 aliphatic heterocycles. The van der Waals surface area contributed by atoms with Crippen LogP contribution in [0.4, 0.5) is 0 Å². The van der Waals surface area contributed by atoms with Crippen molar-refractivity contribution in [3.8, 4) is 0 Å². The first kappa shape index (κ1) is 33.1. The molecule has 1 unspecified atom stereocenters. The maximum absolute atomic E-state index is 13.3. The molecule has 0 saturated heterocycles. The van der Waals surface area contributed by atoms with Gasteiger partial charge in [0.1, 0.15) is 16.5 Å². The maximum Gasteiger partial charge on any atom is 0.308 e. The number of carbonyl (C=O) groups excluding carboxylic acids is 4. The highest BCUT2D eigenvalue weighted by Gasteiger charge is 2.33. The van der Waals surface area contributed by atoms with E-state index in [4.69, 9.17) is 9.47 Å². The Morgan fingerprint density at radius 2 is 1.79 bits per heavy atom. The van der Waals surface area contributed by atoms with Gasteiger partial charge in [0.2, 0.25) is 5.91 Å². The van der Waals surface area contributed by atoms with Crippen molar-refractivity contribution < 1.29 is 28.7 Å². The van der Waals surface area contributed by atoms with Gasteiger partial charge in [0, 0.05) is 63.1 Å². The van der Waals surface area contributed by atoms with Gasteiger partial charge in [0.25, 0.3) is 5.91 Å². The number of aryl methyl sites for hydroxylation is 1. The molecule has 2 amide bonds. The van der Waals surface area contributed by atoms with Crippen LogP contribution in [-0.2, 0) is 30.3 Å². The largest absolute Gasteiger partial charge is 0.469 e. The molecule has 0 spiro atoms. The Morgan fingerprint density at radius 1 is 1.12 bits per heavy atom. The SMILES string of the molecule is COC(=O)[C@@H](C)C[C@H](Cc1ncc(C)cn1)NC(=O)c1csc([C@@H](CC(C(C)C)N(C)C(=O)CC2CC2)OC(C)=O)n1. The number of hydrogen-bond acceptors (Lipinski definition) is 10. The van der Waals surface area contributed by atoms with Gasteiger partial charge in [-0.3, -0.25) is 19.2 Å². The fraction of sp³-hybridized carbons (Fsp3) is 0.633. The summed E-state index contributed by atoms with van der Waals surface area (Å²) in [6.45, 7) is 9.03. The minimum absolute atomic E-state index is 0.0850. The predicted octanol–water partition coefficient (Wildman–Crippen LogP) is 4.06. The van der Waals surface area contributed by atoms with Gasteiger partial charge in [-0.05, 0) is 43.6 Å². The number of methoxy groups -OCH3 is 1. The van der Waals surface area contributed by atoms with Crippen LogP contribution in [0.3, 0.4) is 0 Å². The molecule has 1 saturated carbocycles. The summed E-state index contributed by atoms with van der Waals surface area (Å²) < 4.78 is 10.5. The first-order valence-corrected chi connectivity index (χ1v) is 15.3. The average molecular weight is 602 g/mol. The Morgan fingerprint density at radius 3 is 2.36 bits per heavy atom. The number of ether oxygens (including phenoxy) is 2. The summed E-state index contributed by atoms with van der Waals surface area (Å²) in [7, 11) is 3.13. The van der Waals surface area contributed by atoms with Gasteiger partial charge in [-0.15, -0.1) is 11.3 Å². The molecule has 4 atom stereocenters. The lowest BCUT2D eigenvalue weighted by atomic mass is 9.96. The molecule has 2 heterocycles. The fourth-order valence-corrected chi connectivity index (χ4v) is 5.70. The highest BCUT2D eigenvalue weighted by atomic mass is 32.1. The number of hydrogen-bond donors (Lipinski definition) is 1. The van der Waals surface area contributed by atoms with E-state index >= 15 is 0 Å². The second-order valence-electron chi connectivity index (χ2n) is 11.6. The van der Waals surface area contributed by atoms with Gasteiger partial charge in [0.15, 0.2) is 6.10 Å². The molecule has 0 aromatic carbocycles. The van der Waals surface area contributed by atoms with Crippen molar-refractivity contribution in [2.24, 2.45) is 17.8 Å². The quantitative estimate of drug-likeness (QED) is 0.299. The van der Waals surface area contributed by atoms with Crippen molar-refractivity contribution in [2.75, 3.05) is 14.2 Å². The third-order valence-electron chi connectivity index (χ3n) is 7.45. The zero-order valence-corrected chi connectivity index (χ0v) is 26.4. The van der Waals surface area contributed by atoms with Crippen LogP contribution in [0.1, 0.15) is 92.8 Å². The standard InChI is InChI=1S/C30H43N5O6S/c1-17(2)24(35(6)27(37)11-21-8-9-21)13-25(41-20(5)36)29-34-23(16-42-29)28(38)33-22(10-19(4)30(39)40-7)12-26-31-14-18(3)15-32-26/h14-17,19,21-22,24-25H,8-13H2,1-7H3,(H,33,38)/t19-,22+,24?,25+/m0/s1. The summed E-state index contributed by atoms with van der Waals surface area (Å²) in [6, 6.07) is -0.638. The van der Waals surface area contributed by atoms with Crippen LogP contribution in [0.15, 0.2) is 17.8 Å². The minimum Gasteiger partial charge on any atom is -0.469 e. The van der Waals surface area contributed by atoms with Crippen molar-refractivity contribution in [1.29, 1.82) is 0 Å². The Labute approximate surface area is 251 Å². The molecule has 2 aromatic rings. The van der Waals surface area contributed by atoms with Crippen LogP contribution in [0, 0.1) is 24.7 Å². The third-order valence-corrected chi connectivity index (χ3v) is 8.39. The topological polar surface area (TPSA) is 141 Å². The van der Waals surface area contributed by atoms with Crippen LogP contribution in [-0.4, -0.2) is 69.8 Å². The molecule has 11 nitrogen and oxygen atoms in total. The smallest absolute Gasteiger partial charge is 0.308 e. The summed E-state index contributed by atoms with van der Waals surface area (Å²) in [4.78, 5) is 65.4. The van der Waals surface area contributed by atoms with Gasteiger partial charge < -0.3 is 19.7 Å². The molecule has 12 heteroatoms. The molecule has 2 aromatic heterocycles. The Kier molecular flexibility index (Phi) is 12.0. The summed E-state index contributed by atoms with van der Waals surface area (Å²) in [5.74, 6) is -0.526. The van der Waals surface area contributed by atoms with Crippen molar-refractivity contribution in [3.63, 3.8) is 0 Å². The molecular formula is C30H43N5O6S. The van der Waals surface area contributed by atoms with Crippen LogP contribution in [0.2, 0.25) is 0 Å². The van der Waals surface area contributed by atoms with E-state index in [1.54, 1.807) is 36.6 Å². The normalized spacial score (nSPS) is 15.8. The van der Waals surface area contributed by atoms with Crippen LogP contribution < -0.4 is 5.32 Å². The third kappa shape index (κ3) is 9.85. The number of amides is 2. The van der Waals surface area contributed by atoms with E-state index in [1.165, 1.54) is 25.4 Å². The van der Waals surface area contributed by atoms with E-state index in [-0.39, 0.29) is 29.5 Å². The molecule has 1 aliphatic rings. The lowest BCUT2D eigenvalue weighted by Crippen LogP contribution is -2.42. The lowest BCUT2D eigenvalue weighted by Gasteiger charge is -2.33. The Balaban J connectivity index is 1.76. The molecule has 0 radical (unpaired) electrons. The molecule has 1 fully saturated rings. The lowest BCUT2D eigenvalue weighted by molar-refractivity contribution is -0.148. The van der Waals surface area contributed by atoms with Crippen molar-refractivity contribution >= 4 is 35.1 Å². The molecular weight excluding hydrogens is 558 g/mol. The van der Waals surface area contributed by atoms with Crippen LogP contribution >= 0.6 is 11.3 Å². The Bertz CT molecular complexity index is 1230. The van der Waals surface area contributed by atoms with Gasteiger partial charge >= 0.3 is 11.9 Å². The summed E-state index contributed by atoms with van der Waals surface area (Å²) in [6.07, 6.45) is 6.40. The number of carbonyl (C=O) groups is 4. The number of thiazole rings is 1. The molecule has 42 heavy (non-hydrogen) atoms. The first-order valence-electron chi connectivity index (χ1n) is 14.4. The molecule has 1 aliphatic carbocycles. The molecule has 0 bridgehead atoms. The number of nitrogens with one attached hydrogen (secondary N) is 1. The molecule has 230 valence electrons. The monoisotopic (exact) mass is 601 g/mol. The van der Waals surface area contributed by atoms with Crippen LogP contribution in [0.5, 0.6) is 0 Å². The Hall–Kier alpha value is -3.41. The summed E-state index contributed by atoms with van der Waals surface area (Å²) in [5.41, 5.74) is 1.09. The van der Waals surface area contributed by atoms with Crippen LogP contribution in [0.25, 0.3) is 0 Å². The van der Waals surface area contributed by atoms with Gasteiger partial charge in [0.05, 0.1) is 13.0 Å². The fourth-order valence-electron chi connectivity index (χ4n) is 4.86. The van der Waals surface area contributed by atoms with E-state index in [0.717, 1.165) is 18.4 Å². The van der Waals surface area contributed by atoms with E-state index in [9.17, 15) is 19.2 Å². The van der Waals surface area contributed by atoms with E-state index in [1.807, 2.05) is 20.8 Å². The van der Waals surface area contributed by atoms with Crippen molar-refractivity contribution in [2.45, 2.75) is 91.3 Å². The maximum atomic E-state index is 13.3. The average Bonchev–Trinajstić information content (AvgIpc) is 3.61. The zero-order chi connectivity index (χ0) is 31.0. The van der Waals surface area contributed by atoms with Gasteiger partial charge in [-0.25, -0.2) is 15.0 Å². The van der Waals surface area contributed by atoms with E-state index in [0.29, 0.717) is 42.4 Å². The minimum atomic E-state index is -0.714. The van der Waals surface area contributed by atoms with Gasteiger partial charge in [-0.2, -0.15) is 0 Å². The zero-order valence-electron chi connectivity index (χ0n) is 25.6. The van der Waals surface area contributed by atoms with E-state index in [2.05, 4.69) is 20.3 Å². The number of rotatable bonds is 15. The number of nitrogens with zero attached hydrogens (tertiary/aromatic N) is 4. The second-order valence-corrected chi connectivity index (χ2v) is 12.5. The summed E-state index contributed by atoms with van der Waals surface area (Å²) >= 11 is 1.23. The summed E-state index contributed by atoms with van der Waals surface area (Å²) in [5, 5.41) is 5.07.